The Hall–Kier alpha value is -3.87. The molecule has 1 heterocycles. The van der Waals surface area contributed by atoms with Crippen LogP contribution in [0, 0.1) is 11.2 Å². The molecule has 0 unspecified atom stereocenters. The Bertz CT molecular complexity index is 1450. The molecular formula is C27H15F7O5S-2. The summed E-state index contributed by atoms with van der Waals surface area (Å²) in [5, 5.41) is 23.0. The summed E-state index contributed by atoms with van der Waals surface area (Å²) in [4.78, 5) is 37.1. The number of carboxylic acid groups (broad SMARTS) is 2. The number of aromatic carboxylic acids is 2. The van der Waals surface area contributed by atoms with E-state index in [4.69, 9.17) is 0 Å². The molecule has 0 N–H and O–H groups in total. The van der Waals surface area contributed by atoms with Crippen LogP contribution in [0.1, 0.15) is 53.3 Å². The minimum atomic E-state index is -5.26. The van der Waals surface area contributed by atoms with Crippen molar-refractivity contribution in [2.24, 2.45) is 5.41 Å². The molecule has 40 heavy (non-hydrogen) atoms. The Kier molecular flexibility index (Phi) is 7.48. The lowest BCUT2D eigenvalue weighted by Gasteiger charge is -2.38. The van der Waals surface area contributed by atoms with Crippen LogP contribution in [0.15, 0.2) is 59.5 Å². The molecule has 3 aromatic carbocycles. The first kappa shape index (κ1) is 29.1. The van der Waals surface area contributed by atoms with E-state index in [0.29, 0.717) is 12.1 Å². The Morgan fingerprint density at radius 1 is 0.800 bits per heavy atom. The van der Waals surface area contributed by atoms with Crippen molar-refractivity contribution in [1.82, 2.24) is 0 Å². The van der Waals surface area contributed by atoms with Crippen molar-refractivity contribution in [2.45, 2.75) is 30.1 Å². The van der Waals surface area contributed by atoms with Crippen molar-refractivity contribution in [1.29, 1.82) is 0 Å². The van der Waals surface area contributed by atoms with Gasteiger partial charge in [-0.2, -0.15) is 26.3 Å². The van der Waals surface area contributed by atoms with E-state index in [1.807, 2.05) is 0 Å². The van der Waals surface area contributed by atoms with Crippen molar-refractivity contribution >= 4 is 29.5 Å². The monoisotopic (exact) mass is 584 g/mol. The Morgan fingerprint density at radius 3 is 1.70 bits per heavy atom. The Balaban J connectivity index is 1.98. The first-order valence-electron chi connectivity index (χ1n) is 11.3. The van der Waals surface area contributed by atoms with Gasteiger partial charge in [-0.25, -0.2) is 4.39 Å². The van der Waals surface area contributed by atoms with Gasteiger partial charge in [-0.05, 0) is 42.2 Å². The third-order valence-corrected chi connectivity index (χ3v) is 7.90. The number of carbonyl (C=O) groups is 3. The molecule has 1 aliphatic heterocycles. The molecule has 0 radical (unpaired) electrons. The van der Waals surface area contributed by atoms with Gasteiger partial charge in [-0.3, -0.25) is 4.79 Å². The summed E-state index contributed by atoms with van der Waals surface area (Å²) in [6.45, 7) is 0. The second-order valence-corrected chi connectivity index (χ2v) is 10.2. The molecule has 0 bridgehead atoms. The summed E-state index contributed by atoms with van der Waals surface area (Å²) < 4.78 is 98.5. The van der Waals surface area contributed by atoms with Gasteiger partial charge in [-0.15, -0.1) is 11.8 Å². The number of Topliss-reactive ketones (excluding diaryl/α,β-unsaturated/α-hetero) is 1. The van der Waals surface area contributed by atoms with Gasteiger partial charge in [0.25, 0.3) is 0 Å². The fraction of sp³-hybridized carbons (Fsp3) is 0.222. The largest absolute Gasteiger partial charge is 0.545 e. The molecule has 0 spiro atoms. The topological polar surface area (TPSA) is 97.3 Å². The Labute approximate surface area is 225 Å². The summed E-state index contributed by atoms with van der Waals surface area (Å²) in [7, 11) is 0. The number of hydrogen-bond donors (Lipinski definition) is 0. The number of halogens is 7. The average Bonchev–Trinajstić information content (AvgIpc) is 2.85. The highest BCUT2D eigenvalue weighted by Crippen LogP contribution is 2.48. The van der Waals surface area contributed by atoms with E-state index in [2.05, 4.69) is 0 Å². The van der Waals surface area contributed by atoms with Gasteiger partial charge >= 0.3 is 12.4 Å². The van der Waals surface area contributed by atoms with Crippen LogP contribution in [-0.2, 0) is 25.2 Å². The second kappa shape index (κ2) is 10.3. The van der Waals surface area contributed by atoms with Crippen molar-refractivity contribution in [3.63, 3.8) is 0 Å². The van der Waals surface area contributed by atoms with Crippen LogP contribution in [0.2, 0.25) is 0 Å². The standard InChI is InChI=1S/C27H17F7O5S/c28-15-7-8-19-18(9-15)22(35)25(12-40-19,10-13-3-1-5-16(23(36)37)20(13)26(29,30)31)11-14-4-2-6-17(24(38)39)21(14)27(32,33)34/h1-9H,10-12H2,(H,36,37)(H,38,39)/p-2. The number of ketones is 1. The molecule has 210 valence electrons. The smallest absolute Gasteiger partial charge is 0.417 e. The normalized spacial score (nSPS) is 15.0. The van der Waals surface area contributed by atoms with Gasteiger partial charge in [0.2, 0.25) is 0 Å². The third kappa shape index (κ3) is 5.42. The van der Waals surface area contributed by atoms with Crippen LogP contribution in [0.3, 0.4) is 0 Å². The number of hydrogen-bond acceptors (Lipinski definition) is 6. The quantitative estimate of drug-likeness (QED) is 0.400. The molecule has 13 heteroatoms. The van der Waals surface area contributed by atoms with Gasteiger partial charge in [0.15, 0.2) is 5.78 Å². The molecule has 3 aromatic rings. The maximum absolute atomic E-state index is 14.1. The lowest BCUT2D eigenvalue weighted by molar-refractivity contribution is -0.256. The number of benzene rings is 3. The molecule has 1 aliphatic rings. The van der Waals surface area contributed by atoms with E-state index in [9.17, 15) is 55.3 Å². The van der Waals surface area contributed by atoms with Crippen molar-refractivity contribution < 1.29 is 55.3 Å². The molecule has 5 nitrogen and oxygen atoms in total. The summed E-state index contributed by atoms with van der Waals surface area (Å²) >= 11 is 0.887. The number of fused-ring (bicyclic) bond motifs is 1. The molecule has 0 fully saturated rings. The molecule has 0 aliphatic carbocycles. The minimum Gasteiger partial charge on any atom is -0.545 e. The van der Waals surface area contributed by atoms with Crippen LogP contribution in [0.4, 0.5) is 30.7 Å². The highest BCUT2D eigenvalue weighted by Gasteiger charge is 2.48. The van der Waals surface area contributed by atoms with Crippen LogP contribution in [-0.4, -0.2) is 23.5 Å². The molecule has 4 rings (SSSR count). The summed E-state index contributed by atoms with van der Waals surface area (Å²) in [6.07, 6.45) is -12.3. The van der Waals surface area contributed by atoms with Crippen molar-refractivity contribution in [3.05, 3.63) is 99.4 Å². The SMILES string of the molecule is O=C([O-])c1cccc(CC2(Cc3cccc(C(=O)[O-])c3C(F)(F)F)CSc3ccc(F)cc3C2=O)c1C(F)(F)F. The van der Waals surface area contributed by atoms with Crippen LogP contribution in [0.5, 0.6) is 0 Å². The predicted molar refractivity (Wildman–Crippen MR) is 123 cm³/mol. The molecule has 0 aromatic heterocycles. The molecular weight excluding hydrogens is 569 g/mol. The lowest BCUT2D eigenvalue weighted by Crippen LogP contribution is -2.42. The number of carbonyl (C=O) groups excluding carboxylic acids is 3. The first-order valence-corrected chi connectivity index (χ1v) is 12.3. The van der Waals surface area contributed by atoms with E-state index in [1.54, 1.807) is 0 Å². The lowest BCUT2D eigenvalue weighted by atomic mass is 9.70. The first-order chi connectivity index (χ1) is 18.5. The third-order valence-electron chi connectivity index (χ3n) is 6.54. The van der Waals surface area contributed by atoms with Crippen LogP contribution in [0.25, 0.3) is 0 Å². The van der Waals surface area contributed by atoms with E-state index < -0.39 is 87.5 Å². The van der Waals surface area contributed by atoms with E-state index in [-0.39, 0.29) is 16.2 Å². The highest BCUT2D eigenvalue weighted by atomic mass is 32.2. The zero-order valence-corrected chi connectivity index (χ0v) is 20.7. The van der Waals surface area contributed by atoms with Gasteiger partial charge in [0.05, 0.1) is 28.5 Å². The van der Waals surface area contributed by atoms with E-state index in [0.717, 1.165) is 48.2 Å². The van der Waals surface area contributed by atoms with Gasteiger partial charge < -0.3 is 19.8 Å². The summed E-state index contributed by atoms with van der Waals surface area (Å²) in [5.41, 5.74) is -9.59. The number of rotatable bonds is 6. The van der Waals surface area contributed by atoms with Crippen molar-refractivity contribution in [2.75, 3.05) is 5.75 Å². The predicted octanol–water partition coefficient (Wildman–Crippen LogP) is 4.35. The average molecular weight is 584 g/mol. The van der Waals surface area contributed by atoms with Crippen molar-refractivity contribution in [3.8, 4) is 0 Å². The highest BCUT2D eigenvalue weighted by molar-refractivity contribution is 7.99. The fourth-order valence-electron chi connectivity index (χ4n) is 4.93. The van der Waals surface area contributed by atoms with Crippen LogP contribution >= 0.6 is 11.8 Å². The van der Waals surface area contributed by atoms with Gasteiger partial charge in [-0.1, -0.05) is 36.4 Å². The van der Waals surface area contributed by atoms with Gasteiger partial charge in [0, 0.05) is 27.3 Å². The molecule has 0 atom stereocenters. The minimum absolute atomic E-state index is 0.237. The van der Waals surface area contributed by atoms with Crippen LogP contribution < -0.4 is 10.2 Å². The van der Waals surface area contributed by atoms with E-state index in [1.165, 1.54) is 6.07 Å². The zero-order chi connectivity index (χ0) is 29.6. The zero-order valence-electron chi connectivity index (χ0n) is 19.9. The van der Waals surface area contributed by atoms with E-state index >= 15 is 0 Å². The second-order valence-electron chi connectivity index (χ2n) is 9.14. The molecule has 0 saturated heterocycles. The number of thioether (sulfide) groups is 1. The fourth-order valence-corrected chi connectivity index (χ4v) is 6.17. The Morgan fingerprint density at radius 2 is 1.27 bits per heavy atom. The maximum Gasteiger partial charge on any atom is 0.417 e. The molecule has 0 saturated carbocycles. The number of alkyl halides is 6. The number of carboxylic acids is 2. The molecule has 0 amide bonds. The summed E-state index contributed by atoms with van der Waals surface area (Å²) in [6, 6.07) is 8.07. The van der Waals surface area contributed by atoms with Gasteiger partial charge in [0.1, 0.15) is 5.82 Å². The maximum atomic E-state index is 14.1. The summed E-state index contributed by atoms with van der Waals surface area (Å²) in [5.74, 6) is -6.58.